The summed E-state index contributed by atoms with van der Waals surface area (Å²) in [7, 11) is 0. The van der Waals surface area contributed by atoms with Crippen molar-refractivity contribution in [3.8, 4) is 0 Å². The zero-order valence-electron chi connectivity index (χ0n) is 10.4. The number of rotatable bonds is 5. The van der Waals surface area contributed by atoms with Crippen LogP contribution in [0, 0.1) is 0 Å². The van der Waals surface area contributed by atoms with Crippen molar-refractivity contribution in [2.75, 3.05) is 6.61 Å². The lowest BCUT2D eigenvalue weighted by Crippen LogP contribution is -2.34. The molecule has 2 unspecified atom stereocenters. The molecule has 2 heterocycles. The number of aryl methyl sites for hydroxylation is 1. The van der Waals surface area contributed by atoms with Crippen LogP contribution in [0.5, 0.6) is 0 Å². The standard InChI is InChI=1S/C12H22N4O/c1-2-16-12(6-7-14-16)11(15-13)9-10-5-3-4-8-17-10/h6-7,10-11,15H,2-5,8-9,13H2,1H3. The summed E-state index contributed by atoms with van der Waals surface area (Å²) in [6.07, 6.45) is 6.65. The van der Waals surface area contributed by atoms with E-state index in [4.69, 9.17) is 10.6 Å². The van der Waals surface area contributed by atoms with Gasteiger partial charge in [-0.3, -0.25) is 16.0 Å². The van der Waals surface area contributed by atoms with E-state index in [0.29, 0.717) is 6.10 Å². The molecule has 3 N–H and O–H groups in total. The first-order valence-corrected chi connectivity index (χ1v) is 6.44. The van der Waals surface area contributed by atoms with E-state index >= 15 is 0 Å². The SMILES string of the molecule is CCn1nccc1C(CC1CCCCO1)NN. The van der Waals surface area contributed by atoms with Crippen LogP contribution in [0.25, 0.3) is 0 Å². The number of hydrogen-bond acceptors (Lipinski definition) is 4. The predicted octanol–water partition coefficient (Wildman–Crippen LogP) is 1.37. The van der Waals surface area contributed by atoms with Crippen molar-refractivity contribution < 1.29 is 4.74 Å². The van der Waals surface area contributed by atoms with Crippen molar-refractivity contribution >= 4 is 0 Å². The highest BCUT2D eigenvalue weighted by Crippen LogP contribution is 2.24. The number of ether oxygens (including phenoxy) is 1. The molecule has 0 aromatic carbocycles. The highest BCUT2D eigenvalue weighted by molar-refractivity contribution is 5.07. The first kappa shape index (κ1) is 12.5. The van der Waals surface area contributed by atoms with Gasteiger partial charge < -0.3 is 4.74 Å². The normalized spacial score (nSPS) is 22.6. The summed E-state index contributed by atoms with van der Waals surface area (Å²) < 4.78 is 7.74. The third-order valence-corrected chi connectivity index (χ3v) is 3.38. The molecule has 0 radical (unpaired) electrons. The maximum atomic E-state index is 5.76. The minimum atomic E-state index is 0.126. The molecule has 5 heteroatoms. The summed E-state index contributed by atoms with van der Waals surface area (Å²) in [4.78, 5) is 0. The smallest absolute Gasteiger partial charge is 0.0653 e. The number of nitrogens with zero attached hydrogens (tertiary/aromatic N) is 2. The topological polar surface area (TPSA) is 65.1 Å². The molecule has 2 rings (SSSR count). The van der Waals surface area contributed by atoms with Gasteiger partial charge in [0.25, 0.3) is 0 Å². The number of nitrogens with two attached hydrogens (primary N) is 1. The van der Waals surface area contributed by atoms with Gasteiger partial charge in [0.05, 0.1) is 17.8 Å². The van der Waals surface area contributed by atoms with Crippen molar-refractivity contribution in [2.45, 2.75) is 51.3 Å². The Labute approximate surface area is 102 Å². The Morgan fingerprint density at radius 2 is 2.53 bits per heavy atom. The third-order valence-electron chi connectivity index (χ3n) is 3.38. The van der Waals surface area contributed by atoms with Crippen LogP contribution < -0.4 is 11.3 Å². The van der Waals surface area contributed by atoms with Crippen LogP contribution in [0.15, 0.2) is 12.3 Å². The molecule has 1 aliphatic rings. The average Bonchev–Trinajstić information content (AvgIpc) is 2.85. The lowest BCUT2D eigenvalue weighted by molar-refractivity contribution is 0.00451. The minimum Gasteiger partial charge on any atom is -0.378 e. The largest absolute Gasteiger partial charge is 0.378 e. The van der Waals surface area contributed by atoms with Crippen LogP contribution in [-0.2, 0) is 11.3 Å². The Morgan fingerprint density at radius 3 is 3.18 bits per heavy atom. The molecule has 1 fully saturated rings. The summed E-state index contributed by atoms with van der Waals surface area (Å²) in [6.45, 7) is 3.84. The Bertz CT molecular complexity index is 333. The Morgan fingerprint density at radius 1 is 1.65 bits per heavy atom. The molecule has 5 nitrogen and oxygen atoms in total. The Hall–Kier alpha value is -0.910. The molecule has 0 saturated carbocycles. The van der Waals surface area contributed by atoms with Gasteiger partial charge in [0, 0.05) is 19.3 Å². The summed E-state index contributed by atoms with van der Waals surface area (Å²) >= 11 is 0. The average molecular weight is 238 g/mol. The van der Waals surface area contributed by atoms with Crippen molar-refractivity contribution in [3.63, 3.8) is 0 Å². The van der Waals surface area contributed by atoms with Gasteiger partial charge in [-0.15, -0.1) is 0 Å². The minimum absolute atomic E-state index is 0.126. The second-order valence-electron chi connectivity index (χ2n) is 4.52. The van der Waals surface area contributed by atoms with E-state index in [9.17, 15) is 0 Å². The van der Waals surface area contributed by atoms with Crippen LogP contribution in [0.1, 0.15) is 44.3 Å². The van der Waals surface area contributed by atoms with Gasteiger partial charge in [0.15, 0.2) is 0 Å². The molecule has 1 aromatic rings. The van der Waals surface area contributed by atoms with E-state index in [1.54, 1.807) is 0 Å². The molecular weight excluding hydrogens is 216 g/mol. The predicted molar refractivity (Wildman–Crippen MR) is 66.2 cm³/mol. The highest BCUT2D eigenvalue weighted by atomic mass is 16.5. The number of hydrogen-bond donors (Lipinski definition) is 2. The van der Waals surface area contributed by atoms with Crippen molar-refractivity contribution in [2.24, 2.45) is 5.84 Å². The van der Waals surface area contributed by atoms with Crippen LogP contribution in [-0.4, -0.2) is 22.5 Å². The maximum absolute atomic E-state index is 5.76. The van der Waals surface area contributed by atoms with Gasteiger partial charge >= 0.3 is 0 Å². The number of nitrogens with one attached hydrogen (secondary N) is 1. The van der Waals surface area contributed by atoms with Crippen LogP contribution in [0.4, 0.5) is 0 Å². The van der Waals surface area contributed by atoms with Gasteiger partial charge in [-0.05, 0) is 38.7 Å². The molecule has 1 aliphatic heterocycles. The van der Waals surface area contributed by atoms with E-state index < -0.39 is 0 Å². The van der Waals surface area contributed by atoms with Gasteiger partial charge in [-0.1, -0.05) is 0 Å². The first-order chi connectivity index (χ1) is 8.35. The summed E-state index contributed by atoms with van der Waals surface area (Å²) in [5.41, 5.74) is 4.03. The molecule has 1 aromatic heterocycles. The van der Waals surface area contributed by atoms with E-state index in [0.717, 1.165) is 31.7 Å². The second kappa shape index (κ2) is 6.14. The second-order valence-corrected chi connectivity index (χ2v) is 4.52. The molecule has 0 spiro atoms. The van der Waals surface area contributed by atoms with Gasteiger partial charge in [-0.25, -0.2) is 0 Å². The van der Waals surface area contributed by atoms with Gasteiger partial charge in [-0.2, -0.15) is 5.10 Å². The van der Waals surface area contributed by atoms with E-state index in [-0.39, 0.29) is 6.04 Å². The molecule has 0 aliphatic carbocycles. The van der Waals surface area contributed by atoms with Crippen molar-refractivity contribution in [1.82, 2.24) is 15.2 Å². The highest BCUT2D eigenvalue weighted by Gasteiger charge is 2.22. The molecule has 96 valence electrons. The fourth-order valence-electron chi connectivity index (χ4n) is 2.43. The van der Waals surface area contributed by atoms with Crippen molar-refractivity contribution in [3.05, 3.63) is 18.0 Å². The van der Waals surface area contributed by atoms with Crippen LogP contribution in [0.2, 0.25) is 0 Å². The summed E-state index contributed by atoms with van der Waals surface area (Å²) in [5, 5.41) is 4.28. The quantitative estimate of drug-likeness (QED) is 0.600. The molecule has 0 bridgehead atoms. The molecule has 1 saturated heterocycles. The fraction of sp³-hybridized carbons (Fsp3) is 0.750. The van der Waals surface area contributed by atoms with Gasteiger partial charge in [0.1, 0.15) is 0 Å². The van der Waals surface area contributed by atoms with E-state index in [2.05, 4.69) is 17.4 Å². The van der Waals surface area contributed by atoms with Gasteiger partial charge in [0.2, 0.25) is 0 Å². The van der Waals surface area contributed by atoms with Crippen LogP contribution >= 0.6 is 0 Å². The first-order valence-electron chi connectivity index (χ1n) is 6.44. The lowest BCUT2D eigenvalue weighted by atomic mass is 10.0. The molecule has 17 heavy (non-hydrogen) atoms. The monoisotopic (exact) mass is 238 g/mol. The Balaban J connectivity index is 2.00. The number of hydrazine groups is 1. The number of aromatic nitrogens is 2. The molecular formula is C12H22N4O. The summed E-state index contributed by atoms with van der Waals surface area (Å²) in [6, 6.07) is 2.15. The molecule has 0 amide bonds. The molecule has 2 atom stereocenters. The van der Waals surface area contributed by atoms with E-state index in [1.165, 1.54) is 12.8 Å². The zero-order chi connectivity index (χ0) is 12.1. The van der Waals surface area contributed by atoms with E-state index in [1.807, 2.05) is 16.9 Å². The third kappa shape index (κ3) is 3.06. The Kier molecular flexibility index (Phi) is 4.53. The zero-order valence-corrected chi connectivity index (χ0v) is 10.4. The fourth-order valence-corrected chi connectivity index (χ4v) is 2.43. The maximum Gasteiger partial charge on any atom is 0.0653 e. The summed E-state index contributed by atoms with van der Waals surface area (Å²) in [5.74, 6) is 5.66. The van der Waals surface area contributed by atoms with Crippen LogP contribution in [0.3, 0.4) is 0 Å². The van der Waals surface area contributed by atoms with Crippen molar-refractivity contribution in [1.29, 1.82) is 0 Å². The lowest BCUT2D eigenvalue weighted by Gasteiger charge is -2.26.